The molecule has 4 heteroatoms. The Morgan fingerprint density at radius 3 is 2.65 bits per heavy atom. The van der Waals surface area contributed by atoms with Crippen LogP contribution in [0, 0.1) is 0 Å². The maximum atomic E-state index is 6.05. The lowest BCUT2D eigenvalue weighted by atomic mass is 10.1. The summed E-state index contributed by atoms with van der Waals surface area (Å²) in [6.07, 6.45) is 7.01. The molecule has 0 aliphatic carbocycles. The van der Waals surface area contributed by atoms with E-state index in [-0.39, 0.29) is 0 Å². The Labute approximate surface area is 113 Å². The fraction of sp³-hybridized carbons (Fsp3) is 0.615. The molecule has 1 atom stereocenters. The molecule has 0 saturated heterocycles. The van der Waals surface area contributed by atoms with Crippen LogP contribution in [-0.2, 0) is 0 Å². The molecular weight excluding hydrogens is 278 g/mol. The fourth-order valence-electron chi connectivity index (χ4n) is 1.85. The summed E-state index contributed by atoms with van der Waals surface area (Å²) in [4.78, 5) is 6.47. The van der Waals surface area contributed by atoms with Gasteiger partial charge < -0.3 is 10.6 Å². The Kier molecular flexibility index (Phi) is 5.75. The summed E-state index contributed by atoms with van der Waals surface area (Å²) in [5.74, 6) is 0. The van der Waals surface area contributed by atoms with Crippen LogP contribution in [0.3, 0.4) is 0 Å². The van der Waals surface area contributed by atoms with Crippen LogP contribution in [0.25, 0.3) is 0 Å². The Balaban J connectivity index is 3.03. The lowest BCUT2D eigenvalue weighted by molar-refractivity contribution is 0.595. The van der Waals surface area contributed by atoms with E-state index >= 15 is 0 Å². The van der Waals surface area contributed by atoms with E-state index in [1.165, 1.54) is 12.8 Å². The summed E-state index contributed by atoms with van der Waals surface area (Å²) in [6.45, 7) is 7.69. The van der Waals surface area contributed by atoms with E-state index in [0.717, 1.165) is 28.8 Å². The summed E-state index contributed by atoms with van der Waals surface area (Å²) in [6, 6.07) is 0.488. The van der Waals surface area contributed by atoms with Crippen LogP contribution in [0.5, 0.6) is 0 Å². The predicted octanol–water partition coefficient (Wildman–Crippen LogP) is 3.83. The highest BCUT2D eigenvalue weighted by atomic mass is 79.9. The molecule has 1 aromatic rings. The van der Waals surface area contributed by atoms with E-state index in [9.17, 15) is 0 Å². The second kappa shape index (κ2) is 6.84. The zero-order valence-corrected chi connectivity index (χ0v) is 12.5. The highest BCUT2D eigenvalue weighted by Gasteiger charge is 2.17. The summed E-state index contributed by atoms with van der Waals surface area (Å²) < 4.78 is 0.980. The van der Waals surface area contributed by atoms with E-state index < -0.39 is 0 Å². The third-order valence-corrected chi connectivity index (χ3v) is 3.64. The van der Waals surface area contributed by atoms with Crippen LogP contribution < -0.4 is 10.6 Å². The van der Waals surface area contributed by atoms with Gasteiger partial charge in [-0.2, -0.15) is 0 Å². The molecule has 1 aromatic heterocycles. The molecule has 0 aliphatic heterocycles. The fourth-order valence-corrected chi connectivity index (χ4v) is 2.42. The molecule has 3 nitrogen and oxygen atoms in total. The summed E-state index contributed by atoms with van der Waals surface area (Å²) in [5, 5.41) is 0. The third kappa shape index (κ3) is 3.60. The van der Waals surface area contributed by atoms with Crippen molar-refractivity contribution in [3.63, 3.8) is 0 Å². The molecule has 1 rings (SSSR count). The zero-order chi connectivity index (χ0) is 12.8. The zero-order valence-electron chi connectivity index (χ0n) is 10.9. The van der Waals surface area contributed by atoms with Crippen molar-refractivity contribution in [3.05, 3.63) is 16.9 Å². The Morgan fingerprint density at radius 1 is 1.41 bits per heavy atom. The van der Waals surface area contributed by atoms with E-state index in [1.54, 1.807) is 6.20 Å². The minimum atomic E-state index is 0.488. The lowest BCUT2D eigenvalue weighted by Crippen LogP contribution is -2.34. The number of nitrogens with two attached hydrogens (primary N) is 1. The number of rotatable bonds is 6. The lowest BCUT2D eigenvalue weighted by Gasteiger charge is -2.32. The van der Waals surface area contributed by atoms with Crippen molar-refractivity contribution in [1.29, 1.82) is 0 Å². The topological polar surface area (TPSA) is 42.1 Å². The number of unbranched alkanes of at least 4 members (excludes halogenated alkanes) is 1. The monoisotopic (exact) mass is 299 g/mol. The van der Waals surface area contributed by atoms with Crippen molar-refractivity contribution >= 4 is 27.3 Å². The minimum Gasteiger partial charge on any atom is -0.396 e. The average Bonchev–Trinajstić information content (AvgIpc) is 2.32. The number of hydrogen-bond acceptors (Lipinski definition) is 3. The molecule has 0 saturated carbocycles. The normalized spacial score (nSPS) is 12.5. The van der Waals surface area contributed by atoms with Gasteiger partial charge in [0.2, 0.25) is 0 Å². The molecule has 0 bridgehead atoms. The van der Waals surface area contributed by atoms with Crippen LogP contribution in [0.15, 0.2) is 16.9 Å². The van der Waals surface area contributed by atoms with Crippen LogP contribution in [0.2, 0.25) is 0 Å². The maximum absolute atomic E-state index is 6.05. The van der Waals surface area contributed by atoms with Crippen LogP contribution in [0.4, 0.5) is 11.4 Å². The SMILES string of the molecule is CCCCN(c1c(N)cncc1Br)C(C)CC. The molecule has 0 amide bonds. The summed E-state index contributed by atoms with van der Waals surface area (Å²) in [5.41, 5.74) is 7.88. The van der Waals surface area contributed by atoms with Gasteiger partial charge in [-0.05, 0) is 35.7 Å². The van der Waals surface area contributed by atoms with E-state index in [0.29, 0.717) is 6.04 Å². The van der Waals surface area contributed by atoms with E-state index in [4.69, 9.17) is 5.73 Å². The van der Waals surface area contributed by atoms with Crippen LogP contribution in [0.1, 0.15) is 40.0 Å². The van der Waals surface area contributed by atoms with Gasteiger partial charge in [0.05, 0.1) is 22.0 Å². The molecule has 2 N–H and O–H groups in total. The molecule has 1 unspecified atom stereocenters. The van der Waals surface area contributed by atoms with Crippen molar-refractivity contribution in [2.75, 3.05) is 17.2 Å². The Morgan fingerprint density at radius 2 is 2.12 bits per heavy atom. The van der Waals surface area contributed by atoms with E-state index in [2.05, 4.69) is 46.6 Å². The highest BCUT2D eigenvalue weighted by Crippen LogP contribution is 2.33. The number of hydrogen-bond donors (Lipinski definition) is 1. The van der Waals surface area contributed by atoms with Crippen molar-refractivity contribution in [3.8, 4) is 0 Å². The second-order valence-electron chi connectivity index (χ2n) is 4.36. The number of nitrogens with zero attached hydrogens (tertiary/aromatic N) is 2. The molecule has 0 aliphatic rings. The summed E-state index contributed by atoms with van der Waals surface area (Å²) >= 11 is 3.55. The van der Waals surface area contributed by atoms with Gasteiger partial charge in [-0.25, -0.2) is 0 Å². The average molecular weight is 300 g/mol. The molecule has 0 radical (unpaired) electrons. The predicted molar refractivity (Wildman–Crippen MR) is 78.4 cm³/mol. The Bertz CT molecular complexity index is 334. The number of nitrogen functional groups attached to an aromatic ring is 1. The van der Waals surface area contributed by atoms with Gasteiger partial charge in [-0.1, -0.05) is 20.3 Å². The smallest absolute Gasteiger partial charge is 0.0778 e. The van der Waals surface area contributed by atoms with Crippen LogP contribution in [-0.4, -0.2) is 17.6 Å². The third-order valence-electron chi connectivity index (χ3n) is 3.06. The van der Waals surface area contributed by atoms with Gasteiger partial charge in [-0.3, -0.25) is 4.98 Å². The van der Waals surface area contributed by atoms with Gasteiger partial charge in [-0.15, -0.1) is 0 Å². The van der Waals surface area contributed by atoms with Gasteiger partial charge in [0.15, 0.2) is 0 Å². The van der Waals surface area contributed by atoms with Crippen molar-refractivity contribution in [2.24, 2.45) is 0 Å². The van der Waals surface area contributed by atoms with E-state index in [1.807, 2.05) is 6.20 Å². The van der Waals surface area contributed by atoms with Crippen LogP contribution >= 0.6 is 15.9 Å². The molecular formula is C13H22BrN3. The molecule has 0 aromatic carbocycles. The van der Waals surface area contributed by atoms with Gasteiger partial charge in [0.1, 0.15) is 0 Å². The Hall–Kier alpha value is -0.770. The molecule has 96 valence electrons. The minimum absolute atomic E-state index is 0.488. The van der Waals surface area contributed by atoms with Gasteiger partial charge in [0, 0.05) is 18.8 Å². The quantitative estimate of drug-likeness (QED) is 0.868. The van der Waals surface area contributed by atoms with Gasteiger partial charge >= 0.3 is 0 Å². The van der Waals surface area contributed by atoms with Crippen molar-refractivity contribution in [1.82, 2.24) is 4.98 Å². The first-order valence-corrected chi connectivity index (χ1v) is 7.06. The first-order valence-electron chi connectivity index (χ1n) is 6.27. The number of halogens is 1. The molecule has 1 heterocycles. The molecule has 17 heavy (non-hydrogen) atoms. The van der Waals surface area contributed by atoms with Gasteiger partial charge in [0.25, 0.3) is 0 Å². The molecule has 0 fully saturated rings. The first kappa shape index (κ1) is 14.3. The largest absolute Gasteiger partial charge is 0.396 e. The first-order chi connectivity index (χ1) is 8.11. The maximum Gasteiger partial charge on any atom is 0.0778 e. The van der Waals surface area contributed by atoms with Crippen molar-refractivity contribution < 1.29 is 0 Å². The number of aromatic nitrogens is 1. The number of anilines is 2. The summed E-state index contributed by atoms with van der Waals surface area (Å²) in [7, 11) is 0. The second-order valence-corrected chi connectivity index (χ2v) is 5.22. The standard InChI is InChI=1S/C13H22BrN3/c1-4-6-7-17(10(3)5-2)13-11(14)8-16-9-12(13)15/h8-10H,4-7,15H2,1-3H3. The highest BCUT2D eigenvalue weighted by molar-refractivity contribution is 9.10. The number of pyridine rings is 1. The molecule has 0 spiro atoms. The van der Waals surface area contributed by atoms with Crippen molar-refractivity contribution in [2.45, 2.75) is 46.1 Å².